The molecule has 0 saturated heterocycles. The van der Waals surface area contributed by atoms with Gasteiger partial charge in [0.05, 0.1) is 17.9 Å². The van der Waals surface area contributed by atoms with Crippen LogP contribution in [0.5, 0.6) is 6.01 Å². The SMILES string of the molecule is CCCCCc1ccc(C(=O)Nc2ccc(-n3nc(OCC(C)C)nc3-c3ccc(C(F)(F)F)cc3)cc2)cc1. The number of aromatic nitrogens is 3. The number of ether oxygens (including phenoxy) is 1. The molecule has 0 atom stereocenters. The van der Waals surface area contributed by atoms with Crippen molar-refractivity contribution in [1.82, 2.24) is 14.8 Å². The second kappa shape index (κ2) is 12.8. The van der Waals surface area contributed by atoms with Crippen LogP contribution in [0, 0.1) is 5.92 Å². The van der Waals surface area contributed by atoms with Gasteiger partial charge in [0, 0.05) is 16.8 Å². The monoisotopic (exact) mass is 550 g/mol. The minimum Gasteiger partial charge on any atom is -0.462 e. The summed E-state index contributed by atoms with van der Waals surface area (Å²) in [5.41, 5.74) is 2.68. The molecule has 4 aromatic rings. The first kappa shape index (κ1) is 28.9. The van der Waals surface area contributed by atoms with Crippen molar-refractivity contribution in [3.8, 4) is 23.1 Å². The molecule has 4 rings (SSSR count). The molecule has 3 aromatic carbocycles. The Morgan fingerprint density at radius 3 is 2.23 bits per heavy atom. The van der Waals surface area contributed by atoms with Crippen molar-refractivity contribution in [2.45, 2.75) is 52.6 Å². The molecular formula is C31H33F3N4O2. The van der Waals surface area contributed by atoms with Crippen LogP contribution in [0.2, 0.25) is 0 Å². The van der Waals surface area contributed by atoms with E-state index in [4.69, 9.17) is 4.74 Å². The van der Waals surface area contributed by atoms with E-state index < -0.39 is 11.7 Å². The average Bonchev–Trinajstić information content (AvgIpc) is 3.37. The molecule has 9 heteroatoms. The van der Waals surface area contributed by atoms with Crippen molar-refractivity contribution < 1.29 is 22.7 Å². The molecule has 40 heavy (non-hydrogen) atoms. The molecule has 1 N–H and O–H groups in total. The Bertz CT molecular complexity index is 1390. The molecule has 210 valence electrons. The number of amides is 1. The summed E-state index contributed by atoms with van der Waals surface area (Å²) < 4.78 is 46.4. The Morgan fingerprint density at radius 2 is 1.62 bits per heavy atom. The predicted octanol–water partition coefficient (Wildman–Crippen LogP) is 7.97. The van der Waals surface area contributed by atoms with Crippen LogP contribution in [0.3, 0.4) is 0 Å². The van der Waals surface area contributed by atoms with Crippen molar-refractivity contribution in [1.29, 1.82) is 0 Å². The average molecular weight is 551 g/mol. The number of unbranched alkanes of at least 4 members (excludes halogenated alkanes) is 2. The van der Waals surface area contributed by atoms with Crippen molar-refractivity contribution >= 4 is 11.6 Å². The Labute approximate surface area is 232 Å². The number of aryl methyl sites for hydroxylation is 1. The Hall–Kier alpha value is -4.14. The maximum absolute atomic E-state index is 13.1. The summed E-state index contributed by atoms with van der Waals surface area (Å²) in [7, 11) is 0. The van der Waals surface area contributed by atoms with E-state index in [9.17, 15) is 18.0 Å². The highest BCUT2D eigenvalue weighted by Crippen LogP contribution is 2.32. The quantitative estimate of drug-likeness (QED) is 0.192. The van der Waals surface area contributed by atoms with Crippen LogP contribution in [0.4, 0.5) is 18.9 Å². The van der Waals surface area contributed by atoms with E-state index in [2.05, 4.69) is 22.3 Å². The van der Waals surface area contributed by atoms with E-state index in [-0.39, 0.29) is 17.8 Å². The van der Waals surface area contributed by atoms with Gasteiger partial charge in [0.25, 0.3) is 5.91 Å². The zero-order valence-corrected chi connectivity index (χ0v) is 22.8. The van der Waals surface area contributed by atoms with Crippen LogP contribution in [0.1, 0.15) is 61.5 Å². The molecule has 1 aromatic heterocycles. The minimum absolute atomic E-state index is 0.124. The molecule has 0 radical (unpaired) electrons. The van der Waals surface area contributed by atoms with Crippen molar-refractivity contribution in [2.24, 2.45) is 5.92 Å². The number of carbonyl (C=O) groups is 1. The molecule has 1 heterocycles. The lowest BCUT2D eigenvalue weighted by molar-refractivity contribution is -0.137. The van der Waals surface area contributed by atoms with Gasteiger partial charge >= 0.3 is 12.2 Å². The molecule has 1 amide bonds. The molecule has 0 fully saturated rings. The van der Waals surface area contributed by atoms with Crippen molar-refractivity contribution in [3.05, 3.63) is 89.5 Å². The van der Waals surface area contributed by atoms with E-state index >= 15 is 0 Å². The second-order valence-electron chi connectivity index (χ2n) is 10.1. The van der Waals surface area contributed by atoms with Gasteiger partial charge in [-0.15, -0.1) is 5.10 Å². The molecule has 0 aliphatic heterocycles. The molecule has 0 spiro atoms. The molecule has 0 aliphatic carbocycles. The van der Waals surface area contributed by atoms with Gasteiger partial charge in [0.15, 0.2) is 5.82 Å². The molecule has 0 bridgehead atoms. The maximum Gasteiger partial charge on any atom is 0.416 e. The fourth-order valence-electron chi connectivity index (χ4n) is 4.06. The number of benzene rings is 3. The van der Waals surface area contributed by atoms with Crippen LogP contribution in [0.15, 0.2) is 72.8 Å². The smallest absolute Gasteiger partial charge is 0.416 e. The van der Waals surface area contributed by atoms with Gasteiger partial charge in [0.2, 0.25) is 0 Å². The molecule has 6 nitrogen and oxygen atoms in total. The molecule has 0 unspecified atom stereocenters. The first-order valence-corrected chi connectivity index (χ1v) is 13.4. The molecular weight excluding hydrogens is 517 g/mol. The zero-order chi connectivity index (χ0) is 28.7. The number of alkyl halides is 3. The topological polar surface area (TPSA) is 69.0 Å². The number of hydrogen-bond acceptors (Lipinski definition) is 4. The van der Waals surface area contributed by atoms with E-state index in [1.165, 1.54) is 35.2 Å². The predicted molar refractivity (Wildman–Crippen MR) is 150 cm³/mol. The summed E-state index contributed by atoms with van der Waals surface area (Å²) >= 11 is 0. The lowest BCUT2D eigenvalue weighted by atomic mass is 10.1. The van der Waals surface area contributed by atoms with Crippen LogP contribution >= 0.6 is 0 Å². The number of halogens is 3. The maximum atomic E-state index is 13.1. The normalized spacial score (nSPS) is 11.6. The highest BCUT2D eigenvalue weighted by molar-refractivity contribution is 6.04. The van der Waals surface area contributed by atoms with Crippen LogP contribution in [0.25, 0.3) is 17.1 Å². The summed E-state index contributed by atoms with van der Waals surface area (Å²) in [6.07, 6.45) is 0.0451. The zero-order valence-electron chi connectivity index (χ0n) is 22.8. The van der Waals surface area contributed by atoms with Gasteiger partial charge in [0.1, 0.15) is 0 Å². The van der Waals surface area contributed by atoms with E-state index in [1.54, 1.807) is 24.3 Å². The number of rotatable bonds is 11. The lowest BCUT2D eigenvalue weighted by Gasteiger charge is -2.10. The third kappa shape index (κ3) is 7.49. The summed E-state index contributed by atoms with van der Waals surface area (Å²) in [4.78, 5) is 17.2. The van der Waals surface area contributed by atoms with Crippen LogP contribution in [-0.2, 0) is 12.6 Å². The highest BCUT2D eigenvalue weighted by Gasteiger charge is 2.30. The number of nitrogens with one attached hydrogen (secondary N) is 1. The van der Waals surface area contributed by atoms with Gasteiger partial charge in [-0.05, 0) is 72.9 Å². The third-order valence-corrected chi connectivity index (χ3v) is 6.26. The third-order valence-electron chi connectivity index (χ3n) is 6.26. The summed E-state index contributed by atoms with van der Waals surface area (Å²) in [5.74, 6) is 0.355. The summed E-state index contributed by atoms with van der Waals surface area (Å²) in [6, 6.07) is 19.5. The first-order valence-electron chi connectivity index (χ1n) is 13.4. The first-order chi connectivity index (χ1) is 19.1. The van der Waals surface area contributed by atoms with E-state index in [1.807, 2.05) is 38.1 Å². The fourth-order valence-corrected chi connectivity index (χ4v) is 4.06. The van der Waals surface area contributed by atoms with Gasteiger partial charge in [-0.3, -0.25) is 4.79 Å². The standard InChI is InChI=1S/C31H33F3N4O2/c1-4-5-6-7-22-8-10-24(11-9-22)29(39)35-26-16-18-27(19-17-26)38-28(36-30(37-38)40-20-21(2)3)23-12-14-25(15-13-23)31(32,33)34/h8-19,21H,4-7,20H2,1-3H3,(H,35,39). The number of carbonyl (C=O) groups excluding carboxylic acids is 1. The molecule has 0 aliphatic rings. The van der Waals surface area contributed by atoms with Crippen LogP contribution in [-0.4, -0.2) is 27.3 Å². The Balaban J connectivity index is 1.52. The van der Waals surface area contributed by atoms with Gasteiger partial charge in [-0.25, -0.2) is 4.68 Å². The van der Waals surface area contributed by atoms with Gasteiger partial charge in [-0.1, -0.05) is 57.9 Å². The van der Waals surface area contributed by atoms with Gasteiger partial charge in [-0.2, -0.15) is 18.2 Å². The molecule has 0 saturated carbocycles. The number of anilines is 1. The van der Waals surface area contributed by atoms with Crippen LogP contribution < -0.4 is 10.1 Å². The Morgan fingerprint density at radius 1 is 0.950 bits per heavy atom. The summed E-state index contributed by atoms with van der Waals surface area (Å²) in [6.45, 7) is 6.54. The van der Waals surface area contributed by atoms with Crippen molar-refractivity contribution in [3.63, 3.8) is 0 Å². The lowest BCUT2D eigenvalue weighted by Crippen LogP contribution is -2.12. The number of nitrogens with zero attached hydrogens (tertiary/aromatic N) is 3. The van der Waals surface area contributed by atoms with E-state index in [0.717, 1.165) is 25.0 Å². The van der Waals surface area contributed by atoms with Crippen molar-refractivity contribution in [2.75, 3.05) is 11.9 Å². The van der Waals surface area contributed by atoms with E-state index in [0.29, 0.717) is 34.9 Å². The fraction of sp³-hybridized carbons (Fsp3) is 0.323. The van der Waals surface area contributed by atoms with Gasteiger partial charge < -0.3 is 10.1 Å². The second-order valence-corrected chi connectivity index (χ2v) is 10.1. The minimum atomic E-state index is -4.44. The number of hydrogen-bond donors (Lipinski definition) is 1. The highest BCUT2D eigenvalue weighted by atomic mass is 19.4. The Kier molecular flexibility index (Phi) is 9.24. The largest absolute Gasteiger partial charge is 0.462 e. The summed E-state index contributed by atoms with van der Waals surface area (Å²) in [5, 5.41) is 7.34.